The Balaban J connectivity index is 2.50. The molecule has 0 aliphatic carbocycles. The van der Waals surface area contributed by atoms with Crippen LogP contribution in [0.4, 0.5) is 0 Å². The van der Waals surface area contributed by atoms with E-state index in [0.717, 1.165) is 17.7 Å². The molecular weight excluding hydrogens is 272 g/mol. The number of nitrogens with zero attached hydrogens (tertiary/aromatic N) is 2. The zero-order valence-corrected chi connectivity index (χ0v) is 11.8. The van der Waals surface area contributed by atoms with Crippen LogP contribution in [0, 0.1) is 0 Å². The molecule has 18 heavy (non-hydrogen) atoms. The van der Waals surface area contributed by atoms with E-state index in [9.17, 15) is 4.79 Å². The Labute approximate surface area is 114 Å². The summed E-state index contributed by atoms with van der Waals surface area (Å²) >= 11 is 7.52. The lowest BCUT2D eigenvalue weighted by Gasteiger charge is -2.02. The van der Waals surface area contributed by atoms with Gasteiger partial charge < -0.3 is 4.74 Å². The summed E-state index contributed by atoms with van der Waals surface area (Å²) in [5.41, 5.74) is 0.449. The summed E-state index contributed by atoms with van der Waals surface area (Å²) in [6, 6.07) is 0. The molecule has 0 radical (unpaired) electrons. The van der Waals surface area contributed by atoms with E-state index < -0.39 is 0 Å². The molecule has 0 saturated carbocycles. The van der Waals surface area contributed by atoms with Crippen molar-refractivity contribution in [3.8, 4) is 0 Å². The molecule has 0 N–H and O–H groups in total. The number of hydrogen-bond acceptors (Lipinski definition) is 5. The van der Waals surface area contributed by atoms with Gasteiger partial charge in [-0.15, -0.1) is 11.3 Å². The molecule has 2 rings (SSSR count). The number of aromatic nitrogens is 2. The minimum Gasteiger partial charge on any atom is -0.462 e. The molecule has 4 nitrogen and oxygen atoms in total. The number of rotatable bonds is 4. The van der Waals surface area contributed by atoms with Crippen molar-refractivity contribution in [2.75, 3.05) is 6.61 Å². The Morgan fingerprint density at radius 3 is 2.89 bits per heavy atom. The lowest BCUT2D eigenvalue weighted by molar-refractivity contribution is 0.0529. The number of carbonyl (C=O) groups excluding carboxylic acids is 1. The molecule has 0 fully saturated rings. The maximum absolute atomic E-state index is 11.8. The average molecular weight is 285 g/mol. The highest BCUT2D eigenvalue weighted by molar-refractivity contribution is 7.17. The van der Waals surface area contributed by atoms with Crippen LogP contribution in [-0.2, 0) is 11.2 Å². The van der Waals surface area contributed by atoms with E-state index in [0.29, 0.717) is 28.5 Å². The molecule has 2 heterocycles. The van der Waals surface area contributed by atoms with Crippen LogP contribution in [0.15, 0.2) is 5.38 Å². The van der Waals surface area contributed by atoms with Crippen molar-refractivity contribution in [1.29, 1.82) is 0 Å². The lowest BCUT2D eigenvalue weighted by Crippen LogP contribution is -2.04. The first-order chi connectivity index (χ1) is 8.67. The fraction of sp³-hybridized carbons (Fsp3) is 0.417. The van der Waals surface area contributed by atoms with E-state index in [1.165, 1.54) is 11.3 Å². The van der Waals surface area contributed by atoms with Gasteiger partial charge in [-0.05, 0) is 13.3 Å². The van der Waals surface area contributed by atoms with Crippen molar-refractivity contribution in [1.82, 2.24) is 9.97 Å². The second-order valence-corrected chi connectivity index (χ2v) is 4.95. The molecule has 0 aliphatic rings. The fourth-order valence-electron chi connectivity index (χ4n) is 1.64. The van der Waals surface area contributed by atoms with Gasteiger partial charge in [-0.2, -0.15) is 0 Å². The molecule has 2 aromatic rings. The van der Waals surface area contributed by atoms with Crippen molar-refractivity contribution in [3.63, 3.8) is 0 Å². The van der Waals surface area contributed by atoms with Gasteiger partial charge >= 0.3 is 5.97 Å². The first-order valence-electron chi connectivity index (χ1n) is 5.78. The molecule has 6 heteroatoms. The van der Waals surface area contributed by atoms with Crippen molar-refractivity contribution in [3.05, 3.63) is 21.9 Å². The number of esters is 1. The number of carbonyl (C=O) groups is 1. The Kier molecular flexibility index (Phi) is 4.14. The van der Waals surface area contributed by atoms with Crippen molar-refractivity contribution >= 4 is 39.1 Å². The summed E-state index contributed by atoms with van der Waals surface area (Å²) in [6.45, 7) is 4.16. The molecule has 0 spiro atoms. The Morgan fingerprint density at radius 2 is 2.22 bits per heavy atom. The molecule has 0 bridgehead atoms. The third-order valence-corrected chi connectivity index (χ3v) is 3.55. The second-order valence-electron chi connectivity index (χ2n) is 3.73. The van der Waals surface area contributed by atoms with Gasteiger partial charge in [0.1, 0.15) is 15.8 Å². The number of thiophene rings is 1. The number of ether oxygens (including phenoxy) is 1. The van der Waals surface area contributed by atoms with Crippen LogP contribution >= 0.6 is 22.9 Å². The van der Waals surface area contributed by atoms with Crippen LogP contribution in [0.2, 0.25) is 5.15 Å². The molecule has 0 aromatic carbocycles. The summed E-state index contributed by atoms with van der Waals surface area (Å²) in [5, 5.41) is 2.64. The van der Waals surface area contributed by atoms with Crippen LogP contribution in [0.3, 0.4) is 0 Å². The molecule has 0 aliphatic heterocycles. The van der Waals surface area contributed by atoms with Crippen LogP contribution in [0.25, 0.3) is 10.2 Å². The summed E-state index contributed by atoms with van der Waals surface area (Å²) < 4.78 is 4.98. The summed E-state index contributed by atoms with van der Waals surface area (Å²) in [5.74, 6) is 0.338. The van der Waals surface area contributed by atoms with Crippen molar-refractivity contribution < 1.29 is 9.53 Å². The minimum absolute atomic E-state index is 0.327. The van der Waals surface area contributed by atoms with Crippen molar-refractivity contribution in [2.24, 2.45) is 0 Å². The first-order valence-corrected chi connectivity index (χ1v) is 7.03. The van der Waals surface area contributed by atoms with E-state index in [2.05, 4.69) is 16.9 Å². The molecule has 0 atom stereocenters. The third kappa shape index (κ3) is 2.47. The zero-order valence-electron chi connectivity index (χ0n) is 10.2. The third-order valence-electron chi connectivity index (χ3n) is 2.40. The number of aryl methyl sites for hydroxylation is 1. The topological polar surface area (TPSA) is 52.1 Å². The van der Waals surface area contributed by atoms with Gasteiger partial charge in [0.15, 0.2) is 0 Å². The molecule has 0 unspecified atom stereocenters. The summed E-state index contributed by atoms with van der Waals surface area (Å²) in [4.78, 5) is 21.1. The van der Waals surface area contributed by atoms with E-state index in [4.69, 9.17) is 16.3 Å². The molecule has 0 amide bonds. The van der Waals surface area contributed by atoms with Gasteiger partial charge in [-0.1, -0.05) is 18.5 Å². The minimum atomic E-state index is -0.377. The highest BCUT2D eigenvalue weighted by atomic mass is 35.5. The van der Waals surface area contributed by atoms with Gasteiger partial charge in [0.05, 0.1) is 17.6 Å². The van der Waals surface area contributed by atoms with E-state index in [-0.39, 0.29) is 5.97 Å². The average Bonchev–Trinajstić information content (AvgIpc) is 2.74. The normalized spacial score (nSPS) is 10.8. The van der Waals surface area contributed by atoms with E-state index >= 15 is 0 Å². The van der Waals surface area contributed by atoms with E-state index in [1.54, 1.807) is 12.3 Å². The van der Waals surface area contributed by atoms with Crippen LogP contribution < -0.4 is 0 Å². The summed E-state index contributed by atoms with van der Waals surface area (Å²) in [7, 11) is 0. The molecule has 0 saturated heterocycles. The fourth-order valence-corrected chi connectivity index (χ4v) is 2.91. The smallest absolute Gasteiger partial charge is 0.339 e. The maximum Gasteiger partial charge on any atom is 0.339 e. The van der Waals surface area contributed by atoms with Gasteiger partial charge in [-0.25, -0.2) is 14.8 Å². The number of fused-ring (bicyclic) bond motifs is 1. The quantitative estimate of drug-likeness (QED) is 0.637. The highest BCUT2D eigenvalue weighted by Crippen LogP contribution is 2.30. The molecule has 2 aromatic heterocycles. The Morgan fingerprint density at radius 1 is 1.44 bits per heavy atom. The van der Waals surface area contributed by atoms with Gasteiger partial charge in [-0.3, -0.25) is 0 Å². The monoisotopic (exact) mass is 284 g/mol. The van der Waals surface area contributed by atoms with Gasteiger partial charge in [0.2, 0.25) is 0 Å². The maximum atomic E-state index is 11.8. The summed E-state index contributed by atoms with van der Waals surface area (Å²) in [6.07, 6.45) is 1.74. The van der Waals surface area contributed by atoms with Crippen LogP contribution in [0.5, 0.6) is 0 Å². The number of halogens is 1. The SMILES string of the molecule is CCCc1nc(Cl)c2c(C(=O)OCC)csc2n1. The Bertz CT molecular complexity index is 583. The molecule has 96 valence electrons. The highest BCUT2D eigenvalue weighted by Gasteiger charge is 2.18. The molecular formula is C12H13ClN2O2S. The van der Waals surface area contributed by atoms with Crippen molar-refractivity contribution in [2.45, 2.75) is 26.7 Å². The largest absolute Gasteiger partial charge is 0.462 e. The van der Waals surface area contributed by atoms with Crippen LogP contribution in [-0.4, -0.2) is 22.5 Å². The Hall–Kier alpha value is -1.20. The standard InChI is InChI=1S/C12H13ClN2O2S/c1-3-5-8-14-10(13)9-7(12(16)17-4-2)6-18-11(9)15-8/h6H,3-5H2,1-2H3. The predicted octanol–water partition coefficient (Wildman–Crippen LogP) is 3.47. The first kappa shape index (κ1) is 13.2. The zero-order chi connectivity index (χ0) is 13.1. The van der Waals surface area contributed by atoms with Gasteiger partial charge in [0.25, 0.3) is 0 Å². The van der Waals surface area contributed by atoms with Crippen LogP contribution in [0.1, 0.15) is 36.5 Å². The predicted molar refractivity (Wildman–Crippen MR) is 72.4 cm³/mol. The van der Waals surface area contributed by atoms with Gasteiger partial charge in [0, 0.05) is 11.8 Å². The number of hydrogen-bond donors (Lipinski definition) is 0. The second kappa shape index (κ2) is 5.63. The van der Waals surface area contributed by atoms with E-state index in [1.807, 2.05) is 0 Å². The lowest BCUT2D eigenvalue weighted by atomic mass is 10.2.